The fourth-order valence-electron chi connectivity index (χ4n) is 1.33. The number of ether oxygens (including phenoxy) is 1. The number of alkyl halides is 2. The Morgan fingerprint density at radius 1 is 1.50 bits per heavy atom. The smallest absolute Gasteiger partial charge is 0.250 e. The molecule has 1 aliphatic carbocycles. The molecule has 1 nitrogen and oxygen atoms in total. The SMILES string of the molecule is COC1CCCC(F)(F)C1. The van der Waals surface area contributed by atoms with Gasteiger partial charge in [-0.1, -0.05) is 0 Å². The van der Waals surface area contributed by atoms with E-state index >= 15 is 0 Å². The van der Waals surface area contributed by atoms with Crippen LogP contribution in [0.15, 0.2) is 0 Å². The van der Waals surface area contributed by atoms with Crippen LogP contribution in [0, 0.1) is 0 Å². The molecule has 10 heavy (non-hydrogen) atoms. The van der Waals surface area contributed by atoms with Gasteiger partial charge in [0.25, 0.3) is 5.92 Å². The van der Waals surface area contributed by atoms with Crippen LogP contribution in [0.2, 0.25) is 0 Å². The molecule has 1 unspecified atom stereocenters. The van der Waals surface area contributed by atoms with Crippen molar-refractivity contribution in [3.8, 4) is 0 Å². The molecular weight excluding hydrogens is 138 g/mol. The molecule has 0 N–H and O–H groups in total. The molecule has 3 heteroatoms. The Hall–Kier alpha value is -0.180. The minimum atomic E-state index is -2.47. The number of hydrogen-bond donors (Lipinski definition) is 0. The lowest BCUT2D eigenvalue weighted by atomic mass is 9.94. The molecule has 0 amide bonds. The number of halogens is 2. The van der Waals surface area contributed by atoms with E-state index in [2.05, 4.69) is 0 Å². The highest BCUT2D eigenvalue weighted by molar-refractivity contribution is 4.78. The maximum absolute atomic E-state index is 12.6. The third kappa shape index (κ3) is 1.90. The molecular formula is C7H12F2O. The van der Waals surface area contributed by atoms with Crippen molar-refractivity contribution in [3.63, 3.8) is 0 Å². The summed E-state index contributed by atoms with van der Waals surface area (Å²) in [6.45, 7) is 0. The van der Waals surface area contributed by atoms with Gasteiger partial charge in [-0.3, -0.25) is 0 Å². The third-order valence-corrected chi connectivity index (χ3v) is 1.93. The predicted octanol–water partition coefficient (Wildman–Crippen LogP) is 2.21. The second-order valence-electron chi connectivity index (χ2n) is 2.81. The van der Waals surface area contributed by atoms with Crippen molar-refractivity contribution in [1.29, 1.82) is 0 Å². The Morgan fingerprint density at radius 2 is 2.20 bits per heavy atom. The van der Waals surface area contributed by atoms with Crippen molar-refractivity contribution < 1.29 is 13.5 Å². The maximum atomic E-state index is 12.6. The molecule has 1 atom stereocenters. The average molecular weight is 150 g/mol. The van der Waals surface area contributed by atoms with E-state index in [0.29, 0.717) is 6.42 Å². The molecule has 0 aliphatic heterocycles. The van der Waals surface area contributed by atoms with Crippen molar-refractivity contribution in [2.24, 2.45) is 0 Å². The van der Waals surface area contributed by atoms with Crippen molar-refractivity contribution >= 4 is 0 Å². The van der Waals surface area contributed by atoms with Crippen LogP contribution in [0.3, 0.4) is 0 Å². The molecule has 0 aromatic rings. The molecule has 0 spiro atoms. The summed E-state index contributed by atoms with van der Waals surface area (Å²) in [5, 5.41) is 0. The Kier molecular flexibility index (Phi) is 2.24. The summed E-state index contributed by atoms with van der Waals surface area (Å²) >= 11 is 0. The molecule has 0 bridgehead atoms. The lowest BCUT2D eigenvalue weighted by molar-refractivity contribution is -0.0863. The standard InChI is InChI=1S/C7H12F2O/c1-10-6-3-2-4-7(8,9)5-6/h6H,2-5H2,1H3. The van der Waals surface area contributed by atoms with Gasteiger partial charge in [0.1, 0.15) is 0 Å². The van der Waals surface area contributed by atoms with E-state index in [1.54, 1.807) is 0 Å². The highest BCUT2D eigenvalue weighted by Crippen LogP contribution is 2.33. The first-order valence-electron chi connectivity index (χ1n) is 3.55. The summed E-state index contributed by atoms with van der Waals surface area (Å²) in [5.41, 5.74) is 0. The zero-order chi connectivity index (χ0) is 7.61. The van der Waals surface area contributed by atoms with Crippen LogP contribution in [0.25, 0.3) is 0 Å². The normalized spacial score (nSPS) is 32.1. The molecule has 1 rings (SSSR count). The molecule has 0 aromatic heterocycles. The topological polar surface area (TPSA) is 9.23 Å². The van der Waals surface area contributed by atoms with Gasteiger partial charge in [0, 0.05) is 20.0 Å². The van der Waals surface area contributed by atoms with E-state index in [1.165, 1.54) is 7.11 Å². The lowest BCUT2D eigenvalue weighted by Crippen LogP contribution is -2.30. The van der Waals surface area contributed by atoms with Crippen molar-refractivity contribution in [2.45, 2.75) is 37.7 Å². The van der Waals surface area contributed by atoms with E-state index in [9.17, 15) is 8.78 Å². The first kappa shape index (κ1) is 7.92. The maximum Gasteiger partial charge on any atom is 0.250 e. The van der Waals surface area contributed by atoms with E-state index in [-0.39, 0.29) is 18.9 Å². The van der Waals surface area contributed by atoms with Gasteiger partial charge in [-0.15, -0.1) is 0 Å². The summed E-state index contributed by atoms with van der Waals surface area (Å²) in [5.74, 6) is -2.47. The minimum absolute atomic E-state index is 0.0346. The highest BCUT2D eigenvalue weighted by atomic mass is 19.3. The Bertz CT molecular complexity index is 114. The van der Waals surface area contributed by atoms with Gasteiger partial charge >= 0.3 is 0 Å². The number of hydrogen-bond acceptors (Lipinski definition) is 1. The average Bonchev–Trinajstić information content (AvgIpc) is 1.86. The Balaban J connectivity index is 2.40. The molecule has 1 aliphatic rings. The van der Waals surface area contributed by atoms with Crippen LogP contribution < -0.4 is 0 Å². The highest BCUT2D eigenvalue weighted by Gasteiger charge is 2.36. The Morgan fingerprint density at radius 3 is 2.60 bits per heavy atom. The monoisotopic (exact) mass is 150 g/mol. The molecule has 1 saturated carbocycles. The van der Waals surface area contributed by atoms with Gasteiger partial charge in [-0.2, -0.15) is 0 Å². The molecule has 0 heterocycles. The third-order valence-electron chi connectivity index (χ3n) is 1.93. The summed E-state index contributed by atoms with van der Waals surface area (Å²) in [7, 11) is 1.49. The van der Waals surface area contributed by atoms with Crippen LogP contribution >= 0.6 is 0 Å². The van der Waals surface area contributed by atoms with E-state index < -0.39 is 5.92 Å². The van der Waals surface area contributed by atoms with Crippen molar-refractivity contribution in [3.05, 3.63) is 0 Å². The summed E-state index contributed by atoms with van der Waals surface area (Å²) in [6.07, 6.45) is 1.09. The molecule has 60 valence electrons. The van der Waals surface area contributed by atoms with E-state index in [1.807, 2.05) is 0 Å². The lowest BCUT2D eigenvalue weighted by Gasteiger charge is -2.27. The van der Waals surface area contributed by atoms with Crippen LogP contribution in [0.1, 0.15) is 25.7 Å². The second kappa shape index (κ2) is 2.82. The molecule has 0 radical (unpaired) electrons. The fourth-order valence-corrected chi connectivity index (χ4v) is 1.33. The van der Waals surface area contributed by atoms with Gasteiger partial charge in [0.05, 0.1) is 6.10 Å². The van der Waals surface area contributed by atoms with Crippen LogP contribution in [0.5, 0.6) is 0 Å². The van der Waals surface area contributed by atoms with Crippen LogP contribution in [-0.4, -0.2) is 19.1 Å². The molecule has 0 saturated heterocycles. The number of rotatable bonds is 1. The van der Waals surface area contributed by atoms with E-state index in [4.69, 9.17) is 4.74 Å². The second-order valence-corrected chi connectivity index (χ2v) is 2.81. The summed E-state index contributed by atoms with van der Waals surface area (Å²) in [4.78, 5) is 0. The minimum Gasteiger partial charge on any atom is -0.381 e. The van der Waals surface area contributed by atoms with Gasteiger partial charge < -0.3 is 4.74 Å². The first-order valence-corrected chi connectivity index (χ1v) is 3.55. The molecule has 1 fully saturated rings. The zero-order valence-corrected chi connectivity index (χ0v) is 6.07. The fraction of sp³-hybridized carbons (Fsp3) is 1.00. The van der Waals surface area contributed by atoms with Crippen LogP contribution in [0.4, 0.5) is 8.78 Å². The Labute approximate surface area is 59.4 Å². The number of methoxy groups -OCH3 is 1. The van der Waals surface area contributed by atoms with E-state index in [0.717, 1.165) is 6.42 Å². The zero-order valence-electron chi connectivity index (χ0n) is 6.07. The van der Waals surface area contributed by atoms with Crippen molar-refractivity contribution in [2.75, 3.05) is 7.11 Å². The predicted molar refractivity (Wildman–Crippen MR) is 34.2 cm³/mol. The summed E-state index contributed by atoms with van der Waals surface area (Å²) < 4.78 is 30.0. The van der Waals surface area contributed by atoms with Gasteiger partial charge in [-0.25, -0.2) is 8.78 Å². The quantitative estimate of drug-likeness (QED) is 0.556. The largest absolute Gasteiger partial charge is 0.381 e. The van der Waals surface area contributed by atoms with Gasteiger partial charge in [0.2, 0.25) is 0 Å². The van der Waals surface area contributed by atoms with Crippen LogP contribution in [-0.2, 0) is 4.74 Å². The van der Waals surface area contributed by atoms with Gasteiger partial charge in [0.15, 0.2) is 0 Å². The first-order chi connectivity index (χ1) is 4.64. The molecule has 0 aromatic carbocycles. The van der Waals surface area contributed by atoms with Crippen molar-refractivity contribution in [1.82, 2.24) is 0 Å². The summed E-state index contributed by atoms with van der Waals surface area (Å²) in [6, 6.07) is 0. The van der Waals surface area contributed by atoms with Gasteiger partial charge in [-0.05, 0) is 12.8 Å².